The van der Waals surface area contributed by atoms with E-state index in [1.54, 1.807) is 0 Å². The number of esters is 2. The standard InChI is InChI=1S/C64H54N4O4/c1-47(69)71-62-44-45-64(72-48(2)70)63(46-62)68(61-42-40-58(41-43-61)66(53-22-12-5-13-23-53)54-24-14-6-15-25-54)60-34-30-50(31-35-60)49-28-32-56(33-29-49)67(55-26-16-7-17-27-55)59-38-36-57(37-39-59)65(51-18-8-3-9-19-51)52-20-10-4-11-21-52/h3-43,46,62,64H,44-45H2,1-2H3. The summed E-state index contributed by atoms with van der Waals surface area (Å²) in [6.45, 7) is 2.85. The number of hydrogen-bond donors (Lipinski definition) is 0. The van der Waals surface area contributed by atoms with Crippen molar-refractivity contribution in [3.63, 3.8) is 0 Å². The summed E-state index contributed by atoms with van der Waals surface area (Å²) in [5.74, 6) is -0.749. The molecule has 8 nitrogen and oxygen atoms in total. The molecular formula is C64H54N4O4. The number of carbonyl (C=O) groups excluding carboxylic acids is 2. The smallest absolute Gasteiger partial charge is 0.303 e. The first kappa shape index (κ1) is 46.6. The van der Waals surface area contributed by atoms with E-state index in [4.69, 9.17) is 9.47 Å². The number of anilines is 11. The Morgan fingerprint density at radius 2 is 0.569 bits per heavy atom. The molecule has 9 aromatic rings. The number of benzene rings is 9. The third kappa shape index (κ3) is 10.5. The zero-order chi connectivity index (χ0) is 49.2. The van der Waals surface area contributed by atoms with Gasteiger partial charge in [0.1, 0.15) is 12.2 Å². The Kier molecular flexibility index (Phi) is 14.0. The predicted octanol–water partition coefficient (Wildman–Crippen LogP) is 16.4. The van der Waals surface area contributed by atoms with Gasteiger partial charge in [0.05, 0.1) is 5.70 Å². The van der Waals surface area contributed by atoms with Crippen LogP contribution >= 0.6 is 0 Å². The number of rotatable bonds is 15. The molecule has 2 atom stereocenters. The number of nitrogens with zero attached hydrogens (tertiary/aromatic N) is 4. The molecule has 2 unspecified atom stereocenters. The van der Waals surface area contributed by atoms with E-state index in [1.165, 1.54) is 13.8 Å². The molecule has 0 fully saturated rings. The van der Waals surface area contributed by atoms with Crippen molar-refractivity contribution in [1.29, 1.82) is 0 Å². The molecule has 0 saturated carbocycles. The van der Waals surface area contributed by atoms with E-state index >= 15 is 0 Å². The minimum atomic E-state index is -0.568. The van der Waals surface area contributed by atoms with Gasteiger partial charge in [0.15, 0.2) is 0 Å². The SMILES string of the molecule is CC(=O)OC1C=C(N(c2ccc(-c3ccc(N(c4ccccc4)c4ccc(N(c5ccccc5)c5ccccc5)cc4)cc3)cc2)c2ccc(N(c3ccccc3)c3ccccc3)cc2)C(OC(C)=O)CC1. The van der Waals surface area contributed by atoms with E-state index in [1.807, 2.05) is 60.7 Å². The fourth-order valence-corrected chi connectivity index (χ4v) is 9.47. The highest BCUT2D eigenvalue weighted by molar-refractivity contribution is 5.83. The van der Waals surface area contributed by atoms with Crippen molar-refractivity contribution in [1.82, 2.24) is 0 Å². The van der Waals surface area contributed by atoms with Crippen LogP contribution in [0.5, 0.6) is 0 Å². The van der Waals surface area contributed by atoms with Crippen LogP contribution in [0, 0.1) is 0 Å². The van der Waals surface area contributed by atoms with Gasteiger partial charge in [0.2, 0.25) is 0 Å². The maximum atomic E-state index is 12.6. The van der Waals surface area contributed by atoms with E-state index in [2.05, 4.69) is 214 Å². The van der Waals surface area contributed by atoms with E-state index < -0.39 is 12.2 Å². The molecule has 10 rings (SSSR count). The van der Waals surface area contributed by atoms with E-state index in [-0.39, 0.29) is 11.9 Å². The lowest BCUT2D eigenvalue weighted by atomic mass is 9.96. The first-order valence-corrected chi connectivity index (χ1v) is 24.3. The molecule has 9 aromatic carbocycles. The Morgan fingerprint density at radius 1 is 0.319 bits per heavy atom. The van der Waals surface area contributed by atoms with Gasteiger partial charge in [-0.25, -0.2) is 0 Å². The highest BCUT2D eigenvalue weighted by Crippen LogP contribution is 2.42. The average Bonchev–Trinajstić information content (AvgIpc) is 3.42. The van der Waals surface area contributed by atoms with Crippen LogP contribution in [-0.2, 0) is 19.1 Å². The molecule has 72 heavy (non-hydrogen) atoms. The van der Waals surface area contributed by atoms with Crippen molar-refractivity contribution in [2.75, 3.05) is 19.6 Å². The minimum Gasteiger partial charge on any atom is -0.458 e. The van der Waals surface area contributed by atoms with Gasteiger partial charge in [-0.1, -0.05) is 115 Å². The first-order chi connectivity index (χ1) is 35.4. The van der Waals surface area contributed by atoms with Gasteiger partial charge < -0.3 is 29.1 Å². The van der Waals surface area contributed by atoms with Crippen molar-refractivity contribution in [3.8, 4) is 11.1 Å². The molecule has 0 heterocycles. The highest BCUT2D eigenvalue weighted by atomic mass is 16.6. The van der Waals surface area contributed by atoms with E-state index in [0.717, 1.165) is 79.4 Å². The van der Waals surface area contributed by atoms with E-state index in [0.29, 0.717) is 12.8 Å². The third-order valence-electron chi connectivity index (χ3n) is 12.7. The molecule has 8 heteroatoms. The molecule has 1 aliphatic rings. The van der Waals surface area contributed by atoms with Crippen LogP contribution < -0.4 is 19.6 Å². The second kappa shape index (κ2) is 21.7. The Hall–Kier alpha value is -9.14. The lowest BCUT2D eigenvalue weighted by Crippen LogP contribution is -2.35. The largest absolute Gasteiger partial charge is 0.458 e. The van der Waals surface area contributed by atoms with Gasteiger partial charge in [-0.15, -0.1) is 0 Å². The molecule has 354 valence electrons. The summed E-state index contributed by atoms with van der Waals surface area (Å²) >= 11 is 0. The van der Waals surface area contributed by atoms with E-state index in [9.17, 15) is 9.59 Å². The minimum absolute atomic E-state index is 0.367. The van der Waals surface area contributed by atoms with Crippen LogP contribution in [0.1, 0.15) is 26.7 Å². The van der Waals surface area contributed by atoms with Crippen LogP contribution in [-0.4, -0.2) is 24.1 Å². The fraction of sp³-hybridized carbons (Fsp3) is 0.0938. The Labute approximate surface area is 421 Å². The normalized spacial score (nSPS) is 14.1. The zero-order valence-corrected chi connectivity index (χ0v) is 40.2. The van der Waals surface area contributed by atoms with Crippen molar-refractivity contribution < 1.29 is 19.1 Å². The van der Waals surface area contributed by atoms with Crippen molar-refractivity contribution in [3.05, 3.63) is 260 Å². The van der Waals surface area contributed by atoms with Crippen molar-refractivity contribution >= 4 is 74.5 Å². The van der Waals surface area contributed by atoms with Crippen LogP contribution in [0.25, 0.3) is 11.1 Å². The van der Waals surface area contributed by atoms with Crippen LogP contribution in [0.4, 0.5) is 62.6 Å². The second-order valence-corrected chi connectivity index (χ2v) is 17.6. The topological polar surface area (TPSA) is 65.6 Å². The van der Waals surface area contributed by atoms with Gasteiger partial charge >= 0.3 is 11.9 Å². The lowest BCUT2D eigenvalue weighted by Gasteiger charge is -2.36. The summed E-state index contributed by atoms with van der Waals surface area (Å²) in [6, 6.07) is 86.0. The van der Waals surface area contributed by atoms with Crippen molar-refractivity contribution in [2.24, 2.45) is 0 Å². The predicted molar refractivity (Wildman–Crippen MR) is 293 cm³/mol. The molecule has 0 aliphatic heterocycles. The Balaban J connectivity index is 0.979. The number of carbonyl (C=O) groups is 2. The summed E-state index contributed by atoms with van der Waals surface area (Å²) in [6.07, 6.45) is 1.89. The second-order valence-electron chi connectivity index (χ2n) is 17.6. The van der Waals surface area contributed by atoms with Gasteiger partial charge in [0, 0.05) is 76.4 Å². The number of ether oxygens (including phenoxy) is 2. The monoisotopic (exact) mass is 942 g/mol. The zero-order valence-electron chi connectivity index (χ0n) is 40.2. The quantitative estimate of drug-likeness (QED) is 0.0942. The molecule has 0 amide bonds. The lowest BCUT2D eigenvalue weighted by molar-refractivity contribution is -0.149. The molecular weight excluding hydrogens is 889 g/mol. The summed E-state index contributed by atoms with van der Waals surface area (Å²) < 4.78 is 11.8. The maximum Gasteiger partial charge on any atom is 0.303 e. The highest BCUT2D eigenvalue weighted by Gasteiger charge is 2.32. The molecule has 0 bridgehead atoms. The summed E-state index contributed by atoms with van der Waals surface area (Å²) in [7, 11) is 0. The summed E-state index contributed by atoms with van der Waals surface area (Å²) in [5, 5.41) is 0. The summed E-state index contributed by atoms with van der Waals surface area (Å²) in [4.78, 5) is 33.7. The molecule has 0 spiro atoms. The van der Waals surface area contributed by atoms with Gasteiger partial charge in [-0.05, 0) is 164 Å². The number of para-hydroxylation sites is 5. The number of hydrogen-bond acceptors (Lipinski definition) is 8. The molecule has 0 saturated heterocycles. The molecule has 0 aromatic heterocycles. The molecule has 0 N–H and O–H groups in total. The average molecular weight is 943 g/mol. The maximum absolute atomic E-state index is 12.6. The van der Waals surface area contributed by atoms with Crippen LogP contribution in [0.2, 0.25) is 0 Å². The van der Waals surface area contributed by atoms with Crippen LogP contribution in [0.15, 0.2) is 260 Å². The van der Waals surface area contributed by atoms with Crippen LogP contribution in [0.3, 0.4) is 0 Å². The van der Waals surface area contributed by atoms with Gasteiger partial charge in [0.25, 0.3) is 0 Å². The third-order valence-corrected chi connectivity index (χ3v) is 12.7. The summed E-state index contributed by atoms with van der Waals surface area (Å²) in [5.41, 5.74) is 13.9. The Morgan fingerprint density at radius 3 is 0.847 bits per heavy atom. The van der Waals surface area contributed by atoms with Gasteiger partial charge in [-0.2, -0.15) is 0 Å². The van der Waals surface area contributed by atoms with Gasteiger partial charge in [-0.3, -0.25) is 9.59 Å². The van der Waals surface area contributed by atoms with Crippen molar-refractivity contribution in [2.45, 2.75) is 38.9 Å². The Bertz CT molecular complexity index is 3150. The fourth-order valence-electron chi connectivity index (χ4n) is 9.47. The molecule has 0 radical (unpaired) electrons. The first-order valence-electron chi connectivity index (χ1n) is 24.3. The molecule has 1 aliphatic carbocycles.